The van der Waals surface area contributed by atoms with Crippen molar-refractivity contribution in [1.82, 2.24) is 14.9 Å². The summed E-state index contributed by atoms with van der Waals surface area (Å²) in [7, 11) is 0. The Bertz CT molecular complexity index is 1120. The molecule has 1 aliphatic heterocycles. The molecule has 0 radical (unpaired) electrons. The lowest BCUT2D eigenvalue weighted by Gasteiger charge is -2.38. The second kappa shape index (κ2) is 7.43. The molecule has 1 aromatic carbocycles. The van der Waals surface area contributed by atoms with Gasteiger partial charge in [0.25, 0.3) is 0 Å². The van der Waals surface area contributed by atoms with E-state index in [1.165, 1.54) is 34.3 Å². The maximum atomic E-state index is 4.66. The van der Waals surface area contributed by atoms with Gasteiger partial charge in [-0.25, -0.2) is 9.97 Å². The van der Waals surface area contributed by atoms with Crippen LogP contribution in [-0.4, -0.2) is 34.0 Å². The monoisotopic (exact) mass is 408 g/mol. The molecule has 0 saturated carbocycles. The molecule has 144 valence electrons. The molecule has 1 fully saturated rings. The highest BCUT2D eigenvalue weighted by molar-refractivity contribution is 7.18. The van der Waals surface area contributed by atoms with Gasteiger partial charge in [0.2, 0.25) is 0 Å². The van der Waals surface area contributed by atoms with Crippen LogP contribution in [0.3, 0.4) is 0 Å². The van der Waals surface area contributed by atoms with Crippen LogP contribution in [-0.2, 0) is 0 Å². The van der Waals surface area contributed by atoms with Gasteiger partial charge in [0.15, 0.2) is 0 Å². The number of thiazole rings is 1. The van der Waals surface area contributed by atoms with Gasteiger partial charge in [-0.1, -0.05) is 6.92 Å². The fourth-order valence-electron chi connectivity index (χ4n) is 4.38. The molecule has 1 N–H and O–H groups in total. The minimum atomic E-state index is 0.593. The Balaban J connectivity index is 1.48. The maximum absolute atomic E-state index is 4.66. The summed E-state index contributed by atoms with van der Waals surface area (Å²) in [6.07, 6.45) is 4.46. The van der Waals surface area contributed by atoms with Crippen LogP contribution in [0.5, 0.6) is 0 Å². The van der Waals surface area contributed by atoms with E-state index in [9.17, 15) is 0 Å². The van der Waals surface area contributed by atoms with Crippen molar-refractivity contribution in [3.63, 3.8) is 0 Å². The van der Waals surface area contributed by atoms with Crippen molar-refractivity contribution in [3.8, 4) is 0 Å². The molecule has 0 bridgehead atoms. The molecule has 5 rings (SSSR count). The molecule has 0 amide bonds. The molecule has 6 heteroatoms. The lowest BCUT2D eigenvalue weighted by atomic mass is 9.89. The minimum absolute atomic E-state index is 0.593. The van der Waals surface area contributed by atoms with Gasteiger partial charge in [-0.2, -0.15) is 0 Å². The highest BCUT2D eigenvalue weighted by atomic mass is 32.1. The topological polar surface area (TPSA) is 41.0 Å². The molecule has 2 atom stereocenters. The van der Waals surface area contributed by atoms with Crippen LogP contribution in [0.25, 0.3) is 20.4 Å². The molecule has 4 nitrogen and oxygen atoms in total. The van der Waals surface area contributed by atoms with E-state index in [1.807, 2.05) is 23.0 Å². The molecule has 3 aromatic heterocycles. The van der Waals surface area contributed by atoms with Crippen LogP contribution >= 0.6 is 22.7 Å². The van der Waals surface area contributed by atoms with Gasteiger partial charge >= 0.3 is 0 Å². The average Bonchev–Trinajstić information content (AvgIpc) is 3.35. The van der Waals surface area contributed by atoms with E-state index < -0.39 is 0 Å². The number of hydrogen-bond donors (Lipinski definition) is 1. The Hall–Kier alpha value is -2.02. The molecular weight excluding hydrogens is 384 g/mol. The van der Waals surface area contributed by atoms with E-state index in [0.717, 1.165) is 28.3 Å². The molecule has 0 spiro atoms. The summed E-state index contributed by atoms with van der Waals surface area (Å²) in [5, 5.41) is 4.82. The van der Waals surface area contributed by atoms with E-state index >= 15 is 0 Å². The number of pyridine rings is 1. The summed E-state index contributed by atoms with van der Waals surface area (Å²) >= 11 is 3.54. The average molecular weight is 409 g/mol. The SMILES string of the molecule is CCN1CCCC(c2cc3c(Nc4ccc5scnc5c4)ccnc3s2)C1C. The summed E-state index contributed by atoms with van der Waals surface area (Å²) in [6.45, 7) is 7.01. The Morgan fingerprint density at radius 1 is 1.21 bits per heavy atom. The quantitative estimate of drug-likeness (QED) is 0.434. The van der Waals surface area contributed by atoms with E-state index in [0.29, 0.717) is 12.0 Å². The second-order valence-electron chi connectivity index (χ2n) is 7.50. The Morgan fingerprint density at radius 3 is 3.04 bits per heavy atom. The maximum Gasteiger partial charge on any atom is 0.125 e. The largest absolute Gasteiger partial charge is 0.355 e. The van der Waals surface area contributed by atoms with Gasteiger partial charge in [0.1, 0.15) is 4.83 Å². The number of nitrogens with zero attached hydrogens (tertiary/aromatic N) is 3. The molecule has 1 aliphatic rings. The van der Waals surface area contributed by atoms with E-state index in [1.54, 1.807) is 11.3 Å². The third-order valence-corrected chi connectivity index (χ3v) is 7.94. The third kappa shape index (κ3) is 3.19. The number of nitrogens with one attached hydrogen (secondary N) is 1. The van der Waals surface area contributed by atoms with Crippen LogP contribution < -0.4 is 5.32 Å². The lowest BCUT2D eigenvalue weighted by molar-refractivity contribution is 0.148. The standard InChI is InChI=1S/C22H24N4S2/c1-3-26-10-4-5-16(14(26)2)21-12-17-18(8-9-23-22(17)28-21)25-15-6-7-20-19(11-15)24-13-27-20/h6-9,11-14,16H,3-5,10H2,1-2H3,(H,23,25). The first-order valence-corrected chi connectivity index (χ1v) is 11.7. The number of aromatic nitrogens is 2. The summed E-state index contributed by atoms with van der Waals surface area (Å²) in [5.41, 5.74) is 5.14. The van der Waals surface area contributed by atoms with Crippen molar-refractivity contribution >= 4 is 54.5 Å². The molecule has 4 aromatic rings. The van der Waals surface area contributed by atoms with Crippen molar-refractivity contribution in [1.29, 1.82) is 0 Å². The number of hydrogen-bond acceptors (Lipinski definition) is 6. The zero-order chi connectivity index (χ0) is 19.1. The van der Waals surface area contributed by atoms with Crippen LogP contribution in [0.15, 0.2) is 42.0 Å². The third-order valence-electron chi connectivity index (χ3n) is 5.95. The fourth-order valence-corrected chi connectivity index (χ4v) is 6.30. The normalized spacial score (nSPS) is 20.8. The van der Waals surface area contributed by atoms with Gasteiger partial charge in [-0.3, -0.25) is 0 Å². The first-order valence-electron chi connectivity index (χ1n) is 9.95. The number of piperidine rings is 1. The van der Waals surface area contributed by atoms with Crippen molar-refractivity contribution < 1.29 is 0 Å². The molecule has 1 saturated heterocycles. The summed E-state index contributed by atoms with van der Waals surface area (Å²) in [4.78, 5) is 14.3. The molecular formula is C22H24N4S2. The number of thiophene rings is 1. The predicted molar refractivity (Wildman–Crippen MR) is 121 cm³/mol. The second-order valence-corrected chi connectivity index (χ2v) is 9.45. The number of likely N-dealkylation sites (tertiary alicyclic amines) is 1. The molecule has 2 unspecified atom stereocenters. The minimum Gasteiger partial charge on any atom is -0.355 e. The van der Waals surface area contributed by atoms with E-state index in [4.69, 9.17) is 0 Å². The van der Waals surface area contributed by atoms with Gasteiger partial charge in [-0.15, -0.1) is 22.7 Å². The first kappa shape index (κ1) is 18.0. The van der Waals surface area contributed by atoms with Crippen LogP contribution in [0.2, 0.25) is 0 Å². The number of rotatable bonds is 4. The highest BCUT2D eigenvalue weighted by Crippen LogP contribution is 2.40. The Labute approximate surface area is 173 Å². The molecule has 4 heterocycles. The predicted octanol–water partition coefficient (Wildman–Crippen LogP) is 6.24. The van der Waals surface area contributed by atoms with Crippen molar-refractivity contribution in [2.24, 2.45) is 0 Å². The fraction of sp³-hybridized carbons (Fsp3) is 0.364. The number of likely N-dealkylation sites (N-methyl/N-ethyl adjacent to an activating group) is 1. The first-order chi connectivity index (χ1) is 13.7. The molecule has 28 heavy (non-hydrogen) atoms. The summed E-state index contributed by atoms with van der Waals surface area (Å²) in [6, 6.07) is 11.4. The van der Waals surface area contributed by atoms with Crippen molar-refractivity contribution in [2.45, 2.75) is 38.6 Å². The zero-order valence-corrected chi connectivity index (χ0v) is 17.8. The van der Waals surface area contributed by atoms with Crippen molar-refractivity contribution in [2.75, 3.05) is 18.4 Å². The Kier molecular flexibility index (Phi) is 4.78. The van der Waals surface area contributed by atoms with Gasteiger partial charge < -0.3 is 10.2 Å². The Morgan fingerprint density at radius 2 is 2.14 bits per heavy atom. The van der Waals surface area contributed by atoms with Crippen molar-refractivity contribution in [3.05, 3.63) is 46.9 Å². The van der Waals surface area contributed by atoms with E-state index in [-0.39, 0.29) is 0 Å². The van der Waals surface area contributed by atoms with Gasteiger partial charge in [0.05, 0.1) is 21.4 Å². The zero-order valence-electron chi connectivity index (χ0n) is 16.2. The van der Waals surface area contributed by atoms with Crippen LogP contribution in [0.4, 0.5) is 11.4 Å². The highest BCUT2D eigenvalue weighted by Gasteiger charge is 2.29. The number of fused-ring (bicyclic) bond motifs is 2. The lowest BCUT2D eigenvalue weighted by Crippen LogP contribution is -2.41. The van der Waals surface area contributed by atoms with Gasteiger partial charge in [0, 0.05) is 34.1 Å². The van der Waals surface area contributed by atoms with Gasteiger partial charge in [-0.05, 0) is 63.2 Å². The number of benzene rings is 1. The summed E-state index contributed by atoms with van der Waals surface area (Å²) in [5.74, 6) is 0.604. The smallest absolute Gasteiger partial charge is 0.125 e. The molecule has 0 aliphatic carbocycles. The number of anilines is 2. The van der Waals surface area contributed by atoms with Crippen LogP contribution in [0.1, 0.15) is 37.5 Å². The van der Waals surface area contributed by atoms with Crippen LogP contribution in [0, 0.1) is 0 Å². The summed E-state index contributed by atoms with van der Waals surface area (Å²) < 4.78 is 1.22. The van der Waals surface area contributed by atoms with E-state index in [2.05, 4.69) is 64.4 Å².